The first-order chi connectivity index (χ1) is 15.4. The molecule has 0 saturated heterocycles. The average Bonchev–Trinajstić information content (AvgIpc) is 3.19. The van der Waals surface area contributed by atoms with E-state index in [4.69, 9.17) is 9.26 Å². The molecule has 1 aromatic heterocycles. The van der Waals surface area contributed by atoms with Crippen molar-refractivity contribution in [2.75, 3.05) is 13.2 Å². The van der Waals surface area contributed by atoms with Crippen LogP contribution in [0.1, 0.15) is 17.5 Å². The van der Waals surface area contributed by atoms with E-state index in [9.17, 15) is 17.6 Å². The maximum atomic E-state index is 13.3. The Morgan fingerprint density at radius 1 is 0.969 bits per heavy atom. The third-order valence-electron chi connectivity index (χ3n) is 4.97. The molecular formula is C24H20F4N2O2. The van der Waals surface area contributed by atoms with Gasteiger partial charge in [0.2, 0.25) is 0 Å². The van der Waals surface area contributed by atoms with Gasteiger partial charge >= 0.3 is 6.18 Å². The van der Waals surface area contributed by atoms with Gasteiger partial charge < -0.3 is 14.6 Å². The maximum Gasteiger partial charge on any atom is 0.416 e. The fourth-order valence-corrected chi connectivity index (χ4v) is 3.39. The number of hydrogen-bond acceptors (Lipinski definition) is 4. The van der Waals surface area contributed by atoms with Gasteiger partial charge in [-0.25, -0.2) is 4.39 Å². The number of benzene rings is 3. The van der Waals surface area contributed by atoms with Gasteiger partial charge in [0, 0.05) is 23.6 Å². The number of rotatable bonds is 8. The van der Waals surface area contributed by atoms with Crippen molar-refractivity contribution in [3.8, 4) is 17.0 Å². The van der Waals surface area contributed by atoms with Crippen LogP contribution in [0.25, 0.3) is 22.2 Å². The molecule has 32 heavy (non-hydrogen) atoms. The second-order valence-corrected chi connectivity index (χ2v) is 7.23. The molecule has 4 aromatic rings. The molecule has 8 heteroatoms. The van der Waals surface area contributed by atoms with Crippen molar-refractivity contribution in [3.63, 3.8) is 0 Å². The van der Waals surface area contributed by atoms with E-state index in [-0.39, 0.29) is 17.9 Å². The molecule has 0 bridgehead atoms. The fourth-order valence-electron chi connectivity index (χ4n) is 3.39. The van der Waals surface area contributed by atoms with E-state index in [1.54, 1.807) is 24.3 Å². The molecular weight excluding hydrogens is 424 g/mol. The summed E-state index contributed by atoms with van der Waals surface area (Å²) >= 11 is 0. The molecule has 166 valence electrons. The van der Waals surface area contributed by atoms with Crippen molar-refractivity contribution in [2.24, 2.45) is 0 Å². The molecule has 0 amide bonds. The zero-order valence-corrected chi connectivity index (χ0v) is 17.0. The van der Waals surface area contributed by atoms with Crippen LogP contribution < -0.4 is 10.1 Å². The minimum absolute atomic E-state index is 0.139. The third kappa shape index (κ3) is 5.08. The van der Waals surface area contributed by atoms with E-state index in [1.165, 1.54) is 24.3 Å². The molecule has 0 unspecified atom stereocenters. The minimum atomic E-state index is -4.36. The summed E-state index contributed by atoms with van der Waals surface area (Å²) in [5, 5.41) is 7.76. The van der Waals surface area contributed by atoms with Crippen LogP contribution >= 0.6 is 0 Å². The van der Waals surface area contributed by atoms with Crippen LogP contribution in [0, 0.1) is 5.82 Å². The molecule has 0 aliphatic carbocycles. The topological polar surface area (TPSA) is 47.3 Å². The monoisotopic (exact) mass is 444 g/mol. The number of aromatic nitrogens is 1. The van der Waals surface area contributed by atoms with E-state index in [2.05, 4.69) is 10.5 Å². The van der Waals surface area contributed by atoms with Crippen LogP contribution in [-0.4, -0.2) is 18.3 Å². The number of nitrogens with one attached hydrogen (secondary N) is 1. The van der Waals surface area contributed by atoms with Gasteiger partial charge in [-0.05, 0) is 61.0 Å². The van der Waals surface area contributed by atoms with Gasteiger partial charge in [-0.1, -0.05) is 23.4 Å². The van der Waals surface area contributed by atoms with Crippen LogP contribution in [0.15, 0.2) is 71.3 Å². The molecule has 0 saturated carbocycles. The molecule has 1 N–H and O–H groups in total. The van der Waals surface area contributed by atoms with Crippen LogP contribution in [-0.2, 0) is 12.7 Å². The maximum absolute atomic E-state index is 13.3. The lowest BCUT2D eigenvalue weighted by atomic mass is 10.1. The summed E-state index contributed by atoms with van der Waals surface area (Å²) in [5.74, 6) is 0.276. The molecule has 3 aromatic carbocycles. The Morgan fingerprint density at radius 2 is 1.75 bits per heavy atom. The Hall–Kier alpha value is -3.39. The van der Waals surface area contributed by atoms with Gasteiger partial charge in [0.25, 0.3) is 0 Å². The van der Waals surface area contributed by atoms with Crippen molar-refractivity contribution >= 4 is 11.0 Å². The van der Waals surface area contributed by atoms with E-state index in [0.717, 1.165) is 17.0 Å². The molecule has 0 atom stereocenters. The highest BCUT2D eigenvalue weighted by Gasteiger charge is 2.32. The van der Waals surface area contributed by atoms with Crippen molar-refractivity contribution in [1.82, 2.24) is 10.5 Å². The Labute approximate surface area is 181 Å². The molecule has 0 spiro atoms. The summed E-state index contributed by atoms with van der Waals surface area (Å²) in [6.07, 6.45) is -3.72. The highest BCUT2D eigenvalue weighted by molar-refractivity contribution is 5.91. The molecule has 4 rings (SSSR count). The highest BCUT2D eigenvalue weighted by Crippen LogP contribution is 2.32. The van der Waals surface area contributed by atoms with Crippen molar-refractivity contribution < 1.29 is 26.8 Å². The lowest BCUT2D eigenvalue weighted by molar-refractivity contribution is -0.138. The summed E-state index contributed by atoms with van der Waals surface area (Å²) in [7, 11) is 0. The van der Waals surface area contributed by atoms with E-state index in [1.807, 2.05) is 12.1 Å². The predicted octanol–water partition coefficient (Wildman–Crippen LogP) is 6.21. The largest absolute Gasteiger partial charge is 0.494 e. The Kier molecular flexibility index (Phi) is 6.41. The SMILES string of the molecule is Fc1ccc2c(-c3ccc(OCCCNCc4ccccc4C(F)(F)F)cc3)noc2c1. The zero-order valence-electron chi connectivity index (χ0n) is 17.0. The predicted molar refractivity (Wildman–Crippen MR) is 113 cm³/mol. The zero-order chi connectivity index (χ0) is 22.6. The summed E-state index contributed by atoms with van der Waals surface area (Å²) < 4.78 is 63.2. The summed E-state index contributed by atoms with van der Waals surface area (Å²) in [5.41, 5.74) is 1.42. The second-order valence-electron chi connectivity index (χ2n) is 7.23. The van der Waals surface area contributed by atoms with Crippen molar-refractivity contribution in [3.05, 3.63) is 83.7 Å². The van der Waals surface area contributed by atoms with E-state index < -0.39 is 11.7 Å². The average molecular weight is 444 g/mol. The number of nitrogens with zero attached hydrogens (tertiary/aromatic N) is 1. The molecule has 0 aliphatic rings. The summed E-state index contributed by atoms with van der Waals surface area (Å²) in [6.45, 7) is 1.07. The first kappa shape index (κ1) is 21.8. The summed E-state index contributed by atoms with van der Waals surface area (Å²) in [6, 6.07) is 17.1. The minimum Gasteiger partial charge on any atom is -0.494 e. The van der Waals surface area contributed by atoms with Crippen molar-refractivity contribution in [2.45, 2.75) is 19.1 Å². The number of fused-ring (bicyclic) bond motifs is 1. The number of halogens is 4. The third-order valence-corrected chi connectivity index (χ3v) is 4.97. The van der Waals surface area contributed by atoms with Crippen LogP contribution in [0.3, 0.4) is 0 Å². The van der Waals surface area contributed by atoms with E-state index >= 15 is 0 Å². The second kappa shape index (κ2) is 9.40. The quantitative estimate of drug-likeness (QED) is 0.259. The smallest absolute Gasteiger partial charge is 0.416 e. The fraction of sp³-hybridized carbons (Fsp3) is 0.208. The Morgan fingerprint density at radius 3 is 2.53 bits per heavy atom. The van der Waals surface area contributed by atoms with Crippen LogP contribution in [0.2, 0.25) is 0 Å². The Bertz CT molecular complexity index is 1190. The first-order valence-corrected chi connectivity index (χ1v) is 10.1. The molecule has 4 nitrogen and oxygen atoms in total. The standard InChI is InChI=1S/C24H20F4N2O2/c25-18-8-11-20-22(14-18)32-30-23(20)16-6-9-19(10-7-16)31-13-3-12-29-15-17-4-1-2-5-21(17)24(26,27)28/h1-2,4-11,14,29H,3,12-13,15H2. The van der Waals surface area contributed by atoms with Gasteiger partial charge in [-0.15, -0.1) is 0 Å². The number of ether oxygens (including phenoxy) is 1. The normalized spacial score (nSPS) is 11.8. The van der Waals surface area contributed by atoms with Gasteiger partial charge in [-0.3, -0.25) is 0 Å². The van der Waals surface area contributed by atoms with Gasteiger partial charge in [0.15, 0.2) is 5.58 Å². The highest BCUT2D eigenvalue weighted by atomic mass is 19.4. The van der Waals surface area contributed by atoms with Crippen LogP contribution in [0.5, 0.6) is 5.75 Å². The number of hydrogen-bond donors (Lipinski definition) is 1. The molecule has 1 heterocycles. The van der Waals surface area contributed by atoms with Gasteiger partial charge in [0.05, 0.1) is 12.2 Å². The molecule has 0 fully saturated rings. The Balaban J connectivity index is 1.25. The van der Waals surface area contributed by atoms with Crippen molar-refractivity contribution in [1.29, 1.82) is 0 Å². The molecule has 0 radical (unpaired) electrons. The van der Waals surface area contributed by atoms with E-state index in [0.29, 0.717) is 36.6 Å². The number of alkyl halides is 3. The summed E-state index contributed by atoms with van der Waals surface area (Å²) in [4.78, 5) is 0. The van der Waals surface area contributed by atoms with Crippen LogP contribution in [0.4, 0.5) is 17.6 Å². The first-order valence-electron chi connectivity index (χ1n) is 10.1. The lowest BCUT2D eigenvalue weighted by Gasteiger charge is -2.13. The van der Waals surface area contributed by atoms with Gasteiger partial charge in [-0.2, -0.15) is 13.2 Å². The molecule has 0 aliphatic heterocycles. The van der Waals surface area contributed by atoms with Gasteiger partial charge in [0.1, 0.15) is 17.3 Å². The lowest BCUT2D eigenvalue weighted by Crippen LogP contribution is -2.19.